The molecular formula is C13H19NO2. The summed E-state index contributed by atoms with van der Waals surface area (Å²) < 4.78 is 5.33. The molecule has 1 aromatic rings. The largest absolute Gasteiger partial charge is 0.384 e. The van der Waals surface area contributed by atoms with E-state index in [0.29, 0.717) is 0 Å². The summed E-state index contributed by atoms with van der Waals surface area (Å²) in [5, 5.41) is 0. The predicted molar refractivity (Wildman–Crippen MR) is 63.1 cm³/mol. The average Bonchev–Trinajstić information content (AvgIpc) is 3.08. The van der Waals surface area contributed by atoms with Crippen LogP contribution in [0, 0.1) is 0 Å². The zero-order valence-electron chi connectivity index (χ0n) is 9.95. The van der Waals surface area contributed by atoms with Crippen LogP contribution in [0.25, 0.3) is 0 Å². The molecule has 1 saturated carbocycles. The maximum absolute atomic E-state index is 5.33. The van der Waals surface area contributed by atoms with Gasteiger partial charge in [-0.2, -0.15) is 5.48 Å². The quantitative estimate of drug-likeness (QED) is 0.745. The van der Waals surface area contributed by atoms with E-state index in [2.05, 4.69) is 29.7 Å². The molecule has 88 valence electrons. The van der Waals surface area contributed by atoms with E-state index in [0.717, 1.165) is 13.2 Å². The van der Waals surface area contributed by atoms with Crippen LogP contribution in [0.4, 0.5) is 0 Å². The van der Waals surface area contributed by atoms with Gasteiger partial charge < -0.3 is 9.57 Å². The van der Waals surface area contributed by atoms with Gasteiger partial charge in [0.15, 0.2) is 0 Å². The summed E-state index contributed by atoms with van der Waals surface area (Å²) in [6.07, 6.45) is 2.45. The second-order valence-electron chi connectivity index (χ2n) is 4.40. The summed E-state index contributed by atoms with van der Waals surface area (Å²) >= 11 is 0. The Labute approximate surface area is 96.7 Å². The van der Waals surface area contributed by atoms with E-state index in [-0.39, 0.29) is 5.41 Å². The van der Waals surface area contributed by atoms with Crippen LogP contribution >= 0.6 is 0 Å². The molecule has 1 aromatic carbocycles. The smallest absolute Gasteiger partial charge is 0.0572 e. The van der Waals surface area contributed by atoms with Crippen molar-refractivity contribution in [3.63, 3.8) is 0 Å². The van der Waals surface area contributed by atoms with Crippen LogP contribution in [0.2, 0.25) is 0 Å². The second kappa shape index (κ2) is 4.95. The van der Waals surface area contributed by atoms with Crippen LogP contribution in [0.3, 0.4) is 0 Å². The van der Waals surface area contributed by atoms with E-state index >= 15 is 0 Å². The fourth-order valence-corrected chi connectivity index (χ4v) is 2.26. The molecule has 0 bridgehead atoms. The van der Waals surface area contributed by atoms with Crippen LogP contribution in [-0.2, 0) is 21.5 Å². The van der Waals surface area contributed by atoms with Gasteiger partial charge in [-0.05, 0) is 24.0 Å². The number of methoxy groups -OCH3 is 1. The van der Waals surface area contributed by atoms with Crippen molar-refractivity contribution in [2.24, 2.45) is 0 Å². The highest BCUT2D eigenvalue weighted by Crippen LogP contribution is 2.49. The fraction of sp³-hybridized carbons (Fsp3) is 0.538. The zero-order chi connectivity index (χ0) is 11.4. The number of hydrogen-bond acceptors (Lipinski definition) is 3. The number of hydrogen-bond donors (Lipinski definition) is 1. The zero-order valence-corrected chi connectivity index (χ0v) is 9.95. The highest BCUT2D eigenvalue weighted by atomic mass is 16.6. The monoisotopic (exact) mass is 221 g/mol. The van der Waals surface area contributed by atoms with Crippen molar-refractivity contribution in [3.05, 3.63) is 35.4 Å². The Kier molecular flexibility index (Phi) is 3.59. The first kappa shape index (κ1) is 11.6. The van der Waals surface area contributed by atoms with E-state index in [4.69, 9.17) is 9.57 Å². The minimum Gasteiger partial charge on any atom is -0.384 e. The van der Waals surface area contributed by atoms with Gasteiger partial charge in [0.2, 0.25) is 0 Å². The van der Waals surface area contributed by atoms with Gasteiger partial charge in [-0.15, -0.1) is 0 Å². The van der Waals surface area contributed by atoms with E-state index in [1.54, 1.807) is 14.2 Å². The second-order valence-corrected chi connectivity index (χ2v) is 4.40. The minimum absolute atomic E-state index is 0.265. The van der Waals surface area contributed by atoms with Gasteiger partial charge in [-0.25, -0.2) is 0 Å². The average molecular weight is 221 g/mol. The summed E-state index contributed by atoms with van der Waals surface area (Å²) in [4.78, 5) is 4.91. The number of benzene rings is 1. The summed E-state index contributed by atoms with van der Waals surface area (Å²) in [5.41, 5.74) is 5.88. The highest BCUT2D eigenvalue weighted by molar-refractivity contribution is 5.38. The molecule has 1 fully saturated rings. The Hall–Kier alpha value is -0.900. The standard InChI is InChI=1S/C13H19NO2/c1-15-10-13(7-8-13)12-6-4-3-5-11(12)9-14-16-2/h3-6,14H,7-10H2,1-2H3. The van der Waals surface area contributed by atoms with E-state index in [1.165, 1.54) is 24.0 Å². The molecule has 0 amide bonds. The summed E-state index contributed by atoms with van der Waals surface area (Å²) in [5.74, 6) is 0. The number of ether oxygens (including phenoxy) is 1. The molecular weight excluding hydrogens is 202 g/mol. The van der Waals surface area contributed by atoms with Crippen LogP contribution in [0.5, 0.6) is 0 Å². The molecule has 0 saturated heterocycles. The molecule has 0 unspecified atom stereocenters. The molecule has 1 aliphatic carbocycles. The van der Waals surface area contributed by atoms with Gasteiger partial charge in [0.05, 0.1) is 13.7 Å². The minimum atomic E-state index is 0.265. The van der Waals surface area contributed by atoms with Gasteiger partial charge in [-0.1, -0.05) is 24.3 Å². The third kappa shape index (κ3) is 2.26. The first-order chi connectivity index (χ1) is 7.82. The molecule has 0 radical (unpaired) electrons. The Morgan fingerprint density at radius 1 is 1.25 bits per heavy atom. The van der Waals surface area contributed by atoms with Crippen LogP contribution in [-0.4, -0.2) is 20.8 Å². The summed E-state index contributed by atoms with van der Waals surface area (Å²) in [6, 6.07) is 8.52. The molecule has 3 nitrogen and oxygen atoms in total. The maximum Gasteiger partial charge on any atom is 0.0572 e. The Morgan fingerprint density at radius 3 is 2.62 bits per heavy atom. The summed E-state index contributed by atoms with van der Waals surface area (Å²) in [6.45, 7) is 1.56. The van der Waals surface area contributed by atoms with Crippen molar-refractivity contribution >= 4 is 0 Å². The lowest BCUT2D eigenvalue weighted by Gasteiger charge is -2.18. The first-order valence-corrected chi connectivity index (χ1v) is 5.65. The van der Waals surface area contributed by atoms with Crippen LogP contribution < -0.4 is 5.48 Å². The predicted octanol–water partition coefficient (Wildman–Crippen LogP) is 2.02. The lowest BCUT2D eigenvalue weighted by molar-refractivity contribution is 0.0861. The Morgan fingerprint density at radius 2 is 2.00 bits per heavy atom. The summed E-state index contributed by atoms with van der Waals surface area (Å²) in [7, 11) is 3.42. The molecule has 1 aliphatic rings. The number of rotatable bonds is 6. The van der Waals surface area contributed by atoms with Gasteiger partial charge >= 0.3 is 0 Å². The van der Waals surface area contributed by atoms with Crippen molar-refractivity contribution in [1.82, 2.24) is 5.48 Å². The molecule has 3 heteroatoms. The van der Waals surface area contributed by atoms with Crippen molar-refractivity contribution in [2.75, 3.05) is 20.8 Å². The molecule has 16 heavy (non-hydrogen) atoms. The Balaban J connectivity index is 2.19. The highest BCUT2D eigenvalue weighted by Gasteiger charge is 2.45. The molecule has 0 aromatic heterocycles. The molecule has 0 atom stereocenters. The molecule has 0 aliphatic heterocycles. The number of hydroxylamine groups is 1. The fourth-order valence-electron chi connectivity index (χ4n) is 2.26. The third-order valence-corrected chi connectivity index (χ3v) is 3.27. The van der Waals surface area contributed by atoms with Gasteiger partial charge in [0, 0.05) is 19.1 Å². The van der Waals surface area contributed by atoms with Crippen molar-refractivity contribution < 1.29 is 9.57 Å². The lowest BCUT2D eigenvalue weighted by atomic mass is 9.92. The topological polar surface area (TPSA) is 30.5 Å². The Bertz CT molecular complexity index is 348. The SMILES string of the molecule is COCC1(c2ccccc2CNOC)CC1. The molecule has 0 spiro atoms. The first-order valence-electron chi connectivity index (χ1n) is 5.65. The van der Waals surface area contributed by atoms with E-state index in [1.807, 2.05) is 0 Å². The third-order valence-electron chi connectivity index (χ3n) is 3.27. The maximum atomic E-state index is 5.33. The van der Waals surface area contributed by atoms with Crippen molar-refractivity contribution in [2.45, 2.75) is 24.8 Å². The van der Waals surface area contributed by atoms with Crippen molar-refractivity contribution in [1.29, 1.82) is 0 Å². The van der Waals surface area contributed by atoms with E-state index in [9.17, 15) is 0 Å². The number of nitrogens with one attached hydrogen (secondary N) is 1. The molecule has 0 heterocycles. The van der Waals surface area contributed by atoms with Gasteiger partial charge in [0.1, 0.15) is 0 Å². The van der Waals surface area contributed by atoms with Gasteiger partial charge in [-0.3, -0.25) is 0 Å². The van der Waals surface area contributed by atoms with Gasteiger partial charge in [0.25, 0.3) is 0 Å². The molecule has 1 N–H and O–H groups in total. The van der Waals surface area contributed by atoms with Crippen LogP contribution in [0.15, 0.2) is 24.3 Å². The van der Waals surface area contributed by atoms with E-state index < -0.39 is 0 Å². The normalized spacial score (nSPS) is 17.4. The van der Waals surface area contributed by atoms with Crippen LogP contribution in [0.1, 0.15) is 24.0 Å². The van der Waals surface area contributed by atoms with Crippen molar-refractivity contribution in [3.8, 4) is 0 Å². The molecule has 2 rings (SSSR count). The lowest BCUT2D eigenvalue weighted by Crippen LogP contribution is -2.19.